The molecule has 0 saturated heterocycles. The Balaban J connectivity index is 2.62. The number of carbonyl (C=O) groups is 1. The number of hydrogen-bond acceptors (Lipinski definition) is 2. The van der Waals surface area contributed by atoms with Crippen molar-refractivity contribution in [2.24, 2.45) is 5.92 Å². The summed E-state index contributed by atoms with van der Waals surface area (Å²) in [6, 6.07) is 8.23. The van der Waals surface area contributed by atoms with Gasteiger partial charge in [-0.15, -0.1) is 0 Å². The topological polar surface area (TPSA) is 41.1 Å². The Kier molecular flexibility index (Phi) is 5.01. The van der Waals surface area contributed by atoms with Gasteiger partial charge in [0.2, 0.25) is 5.91 Å². The summed E-state index contributed by atoms with van der Waals surface area (Å²) in [5.74, 6) is 0.633. The predicted octanol–water partition coefficient (Wildman–Crippen LogP) is 3.49. The maximum absolute atomic E-state index is 11.0. The van der Waals surface area contributed by atoms with E-state index in [4.69, 9.17) is 0 Å². The SMILES string of the molecule is CC(=O)Nc1cccc(NC(C)CC(C)C)c1. The highest BCUT2D eigenvalue weighted by atomic mass is 16.1. The third kappa shape index (κ3) is 5.38. The first-order valence-corrected chi connectivity index (χ1v) is 6.11. The molecule has 0 heterocycles. The number of hydrogen-bond donors (Lipinski definition) is 2. The summed E-state index contributed by atoms with van der Waals surface area (Å²) < 4.78 is 0. The van der Waals surface area contributed by atoms with Gasteiger partial charge < -0.3 is 10.6 Å². The molecule has 0 aromatic heterocycles. The quantitative estimate of drug-likeness (QED) is 0.818. The van der Waals surface area contributed by atoms with Gasteiger partial charge in [0.15, 0.2) is 0 Å². The Bertz CT molecular complexity index is 374. The van der Waals surface area contributed by atoms with Crippen molar-refractivity contribution < 1.29 is 4.79 Å². The van der Waals surface area contributed by atoms with Gasteiger partial charge in [0.25, 0.3) is 0 Å². The van der Waals surface area contributed by atoms with Crippen molar-refractivity contribution in [2.45, 2.75) is 40.2 Å². The molecular formula is C14H22N2O. The lowest BCUT2D eigenvalue weighted by atomic mass is 10.1. The maximum Gasteiger partial charge on any atom is 0.221 e. The summed E-state index contributed by atoms with van der Waals surface area (Å²) in [5.41, 5.74) is 1.88. The summed E-state index contributed by atoms with van der Waals surface area (Å²) >= 11 is 0. The average Bonchev–Trinajstić information content (AvgIpc) is 2.14. The van der Waals surface area contributed by atoms with Crippen LogP contribution >= 0.6 is 0 Å². The van der Waals surface area contributed by atoms with Gasteiger partial charge in [-0.3, -0.25) is 4.79 Å². The second-order valence-electron chi connectivity index (χ2n) is 4.94. The van der Waals surface area contributed by atoms with Crippen molar-refractivity contribution >= 4 is 17.3 Å². The van der Waals surface area contributed by atoms with E-state index in [1.165, 1.54) is 6.92 Å². The van der Waals surface area contributed by atoms with Crippen LogP contribution in [0.5, 0.6) is 0 Å². The minimum absolute atomic E-state index is 0.0441. The monoisotopic (exact) mass is 234 g/mol. The van der Waals surface area contributed by atoms with E-state index in [2.05, 4.69) is 31.4 Å². The molecule has 1 unspecified atom stereocenters. The number of amides is 1. The zero-order valence-electron chi connectivity index (χ0n) is 11.1. The highest BCUT2D eigenvalue weighted by Gasteiger charge is 2.05. The third-order valence-corrected chi connectivity index (χ3v) is 2.42. The molecule has 2 N–H and O–H groups in total. The van der Waals surface area contributed by atoms with E-state index in [0.717, 1.165) is 17.8 Å². The first-order valence-electron chi connectivity index (χ1n) is 6.11. The van der Waals surface area contributed by atoms with Crippen molar-refractivity contribution in [3.8, 4) is 0 Å². The van der Waals surface area contributed by atoms with Crippen LogP contribution in [0, 0.1) is 5.92 Å². The van der Waals surface area contributed by atoms with Crippen LogP contribution < -0.4 is 10.6 Å². The summed E-state index contributed by atoms with van der Waals surface area (Å²) in [7, 11) is 0. The Hall–Kier alpha value is -1.51. The van der Waals surface area contributed by atoms with Crippen molar-refractivity contribution in [3.63, 3.8) is 0 Å². The maximum atomic E-state index is 11.0. The molecule has 3 heteroatoms. The molecule has 0 fully saturated rings. The fourth-order valence-corrected chi connectivity index (χ4v) is 1.94. The van der Waals surface area contributed by atoms with Crippen LogP contribution in [0.25, 0.3) is 0 Å². The molecule has 0 aliphatic rings. The van der Waals surface area contributed by atoms with Crippen LogP contribution in [0.3, 0.4) is 0 Å². The molecule has 0 bridgehead atoms. The number of benzene rings is 1. The smallest absolute Gasteiger partial charge is 0.221 e. The normalized spacial score (nSPS) is 12.3. The van der Waals surface area contributed by atoms with Crippen LogP contribution in [0.15, 0.2) is 24.3 Å². The van der Waals surface area contributed by atoms with Crippen molar-refractivity contribution in [1.82, 2.24) is 0 Å². The highest BCUT2D eigenvalue weighted by molar-refractivity contribution is 5.89. The Morgan fingerprint density at radius 2 is 1.88 bits per heavy atom. The molecule has 0 aliphatic heterocycles. The van der Waals surface area contributed by atoms with Gasteiger partial charge in [0.05, 0.1) is 0 Å². The molecule has 0 saturated carbocycles. The fourth-order valence-electron chi connectivity index (χ4n) is 1.94. The molecule has 1 amide bonds. The van der Waals surface area contributed by atoms with E-state index in [1.807, 2.05) is 24.3 Å². The van der Waals surface area contributed by atoms with E-state index in [-0.39, 0.29) is 5.91 Å². The first kappa shape index (κ1) is 13.6. The fraction of sp³-hybridized carbons (Fsp3) is 0.500. The number of carbonyl (C=O) groups excluding carboxylic acids is 1. The molecule has 0 aliphatic carbocycles. The third-order valence-electron chi connectivity index (χ3n) is 2.42. The van der Waals surface area contributed by atoms with Crippen LogP contribution in [-0.2, 0) is 4.79 Å². The van der Waals surface area contributed by atoms with Gasteiger partial charge in [-0.05, 0) is 37.5 Å². The molecule has 1 atom stereocenters. The lowest BCUT2D eigenvalue weighted by molar-refractivity contribution is -0.114. The van der Waals surface area contributed by atoms with Crippen LogP contribution in [-0.4, -0.2) is 11.9 Å². The van der Waals surface area contributed by atoms with E-state index in [9.17, 15) is 4.79 Å². The minimum atomic E-state index is -0.0441. The number of anilines is 2. The summed E-state index contributed by atoms with van der Waals surface area (Å²) in [5, 5.41) is 6.22. The van der Waals surface area contributed by atoms with Crippen LogP contribution in [0.1, 0.15) is 34.1 Å². The van der Waals surface area contributed by atoms with Gasteiger partial charge in [-0.2, -0.15) is 0 Å². The first-order chi connectivity index (χ1) is 7.97. The molecule has 94 valence electrons. The Labute approximate surface area is 104 Å². The van der Waals surface area contributed by atoms with Gasteiger partial charge in [0, 0.05) is 24.3 Å². The second kappa shape index (κ2) is 6.28. The van der Waals surface area contributed by atoms with Gasteiger partial charge in [-0.25, -0.2) is 0 Å². The molecule has 17 heavy (non-hydrogen) atoms. The predicted molar refractivity (Wildman–Crippen MR) is 73.3 cm³/mol. The average molecular weight is 234 g/mol. The highest BCUT2D eigenvalue weighted by Crippen LogP contribution is 2.17. The molecule has 3 nitrogen and oxygen atoms in total. The second-order valence-corrected chi connectivity index (χ2v) is 4.94. The van der Waals surface area contributed by atoms with Crippen LogP contribution in [0.4, 0.5) is 11.4 Å². The van der Waals surface area contributed by atoms with E-state index < -0.39 is 0 Å². The van der Waals surface area contributed by atoms with E-state index in [0.29, 0.717) is 12.0 Å². The van der Waals surface area contributed by atoms with E-state index in [1.54, 1.807) is 0 Å². The largest absolute Gasteiger partial charge is 0.383 e. The number of rotatable bonds is 5. The van der Waals surface area contributed by atoms with Crippen molar-refractivity contribution in [1.29, 1.82) is 0 Å². The lowest BCUT2D eigenvalue weighted by Gasteiger charge is -2.17. The Morgan fingerprint density at radius 1 is 1.24 bits per heavy atom. The Morgan fingerprint density at radius 3 is 2.47 bits per heavy atom. The van der Waals surface area contributed by atoms with Gasteiger partial charge in [0.1, 0.15) is 0 Å². The zero-order chi connectivity index (χ0) is 12.8. The molecule has 1 rings (SSSR count). The summed E-state index contributed by atoms with van der Waals surface area (Å²) in [6.07, 6.45) is 1.13. The molecule has 0 spiro atoms. The molecular weight excluding hydrogens is 212 g/mol. The minimum Gasteiger partial charge on any atom is -0.383 e. The van der Waals surface area contributed by atoms with Crippen molar-refractivity contribution in [3.05, 3.63) is 24.3 Å². The zero-order valence-corrected chi connectivity index (χ0v) is 11.1. The molecule has 1 aromatic carbocycles. The molecule has 0 radical (unpaired) electrons. The van der Waals surface area contributed by atoms with Crippen LogP contribution in [0.2, 0.25) is 0 Å². The van der Waals surface area contributed by atoms with Crippen molar-refractivity contribution in [2.75, 3.05) is 10.6 Å². The van der Waals surface area contributed by atoms with E-state index >= 15 is 0 Å². The summed E-state index contributed by atoms with van der Waals surface area (Å²) in [6.45, 7) is 8.12. The number of nitrogens with one attached hydrogen (secondary N) is 2. The van der Waals surface area contributed by atoms with Gasteiger partial charge >= 0.3 is 0 Å². The molecule has 1 aromatic rings. The van der Waals surface area contributed by atoms with Gasteiger partial charge in [-0.1, -0.05) is 19.9 Å². The lowest BCUT2D eigenvalue weighted by Crippen LogP contribution is -2.17. The standard InChI is InChI=1S/C14H22N2O/c1-10(2)8-11(3)15-13-6-5-7-14(9-13)16-12(4)17/h5-7,9-11,15H,8H2,1-4H3,(H,16,17). The summed E-state index contributed by atoms with van der Waals surface area (Å²) in [4.78, 5) is 11.0.